The van der Waals surface area contributed by atoms with Crippen LogP contribution < -0.4 is 10.1 Å². The molecule has 0 bridgehead atoms. The van der Waals surface area contributed by atoms with Crippen LogP contribution in [-0.4, -0.2) is 25.2 Å². The maximum Gasteiger partial charge on any atom is 0.119 e. The monoisotopic (exact) mass is 328 g/mol. The van der Waals surface area contributed by atoms with Gasteiger partial charge in [-0.25, -0.2) is 0 Å². The first kappa shape index (κ1) is 17.3. The van der Waals surface area contributed by atoms with Gasteiger partial charge in [0.2, 0.25) is 0 Å². The van der Waals surface area contributed by atoms with Crippen LogP contribution in [0.15, 0.2) is 18.2 Å². The lowest BCUT2D eigenvalue weighted by atomic mass is 9.86. The zero-order valence-electron chi connectivity index (χ0n) is 15.6. The second-order valence-corrected chi connectivity index (χ2v) is 7.63. The summed E-state index contributed by atoms with van der Waals surface area (Å²) < 4.78 is 5.45. The molecule has 3 nitrogen and oxygen atoms in total. The Morgan fingerprint density at radius 3 is 2.79 bits per heavy atom. The molecule has 132 valence electrons. The third-order valence-electron chi connectivity index (χ3n) is 5.69. The van der Waals surface area contributed by atoms with Crippen LogP contribution in [0.4, 0.5) is 0 Å². The molecular weight excluding hydrogens is 296 g/mol. The van der Waals surface area contributed by atoms with Crippen LogP contribution in [0.3, 0.4) is 0 Å². The van der Waals surface area contributed by atoms with Crippen LogP contribution in [0.1, 0.15) is 57.2 Å². The van der Waals surface area contributed by atoms with Crippen molar-refractivity contribution in [2.45, 2.75) is 52.4 Å². The Bertz CT molecular complexity index is 676. The van der Waals surface area contributed by atoms with E-state index >= 15 is 0 Å². The van der Waals surface area contributed by atoms with Crippen LogP contribution in [0.25, 0.3) is 10.9 Å². The molecule has 0 fully saturated rings. The SMILES string of the molecule is CCC1CNCCc2c([nH]c3ccc(OC)cc23)C(C)C[C@@H](C)C1. The largest absolute Gasteiger partial charge is 0.497 e. The van der Waals surface area contributed by atoms with Crippen molar-refractivity contribution < 1.29 is 4.74 Å². The Hall–Kier alpha value is -1.48. The highest BCUT2D eigenvalue weighted by atomic mass is 16.5. The number of fused-ring (bicyclic) bond motifs is 3. The van der Waals surface area contributed by atoms with Gasteiger partial charge in [-0.05, 0) is 73.9 Å². The molecule has 3 rings (SSSR count). The van der Waals surface area contributed by atoms with Gasteiger partial charge in [-0.15, -0.1) is 0 Å². The first-order chi connectivity index (χ1) is 11.6. The van der Waals surface area contributed by atoms with Gasteiger partial charge >= 0.3 is 0 Å². The average molecular weight is 329 g/mol. The zero-order valence-corrected chi connectivity index (χ0v) is 15.6. The van der Waals surface area contributed by atoms with Gasteiger partial charge in [0.1, 0.15) is 5.75 Å². The van der Waals surface area contributed by atoms with E-state index in [0.717, 1.165) is 37.1 Å². The van der Waals surface area contributed by atoms with E-state index in [2.05, 4.69) is 43.2 Å². The Labute approximate surface area is 146 Å². The molecule has 0 aliphatic carbocycles. The van der Waals surface area contributed by atoms with Gasteiger partial charge in [0, 0.05) is 16.6 Å². The van der Waals surface area contributed by atoms with E-state index in [4.69, 9.17) is 4.74 Å². The molecule has 1 aromatic heterocycles. The van der Waals surface area contributed by atoms with Gasteiger partial charge in [-0.1, -0.05) is 27.2 Å². The molecule has 1 aliphatic rings. The summed E-state index contributed by atoms with van der Waals surface area (Å²) in [4.78, 5) is 3.72. The Morgan fingerprint density at radius 1 is 1.21 bits per heavy atom. The van der Waals surface area contributed by atoms with Gasteiger partial charge in [0.25, 0.3) is 0 Å². The van der Waals surface area contributed by atoms with Crippen molar-refractivity contribution >= 4 is 10.9 Å². The smallest absolute Gasteiger partial charge is 0.119 e. The van der Waals surface area contributed by atoms with Gasteiger partial charge < -0.3 is 15.0 Å². The first-order valence-electron chi connectivity index (χ1n) is 9.51. The predicted octanol–water partition coefficient (Wildman–Crippen LogP) is 4.87. The number of rotatable bonds is 2. The maximum absolute atomic E-state index is 5.45. The lowest BCUT2D eigenvalue weighted by Gasteiger charge is -2.21. The third-order valence-corrected chi connectivity index (χ3v) is 5.69. The van der Waals surface area contributed by atoms with Crippen LogP contribution >= 0.6 is 0 Å². The molecule has 0 saturated heterocycles. The van der Waals surface area contributed by atoms with Crippen molar-refractivity contribution in [3.8, 4) is 5.75 Å². The summed E-state index contributed by atoms with van der Waals surface area (Å²) in [6, 6.07) is 6.39. The highest BCUT2D eigenvalue weighted by Crippen LogP contribution is 2.35. The van der Waals surface area contributed by atoms with Crippen molar-refractivity contribution in [3.05, 3.63) is 29.5 Å². The van der Waals surface area contributed by atoms with Crippen LogP contribution in [0.2, 0.25) is 0 Å². The number of hydrogen-bond donors (Lipinski definition) is 2. The minimum Gasteiger partial charge on any atom is -0.497 e. The highest BCUT2D eigenvalue weighted by molar-refractivity contribution is 5.86. The molecule has 2 unspecified atom stereocenters. The molecule has 2 heterocycles. The van der Waals surface area contributed by atoms with Crippen LogP contribution in [0.5, 0.6) is 5.75 Å². The van der Waals surface area contributed by atoms with E-state index in [1.807, 2.05) is 6.07 Å². The maximum atomic E-state index is 5.45. The van der Waals surface area contributed by atoms with E-state index in [-0.39, 0.29) is 0 Å². The molecule has 0 spiro atoms. The van der Waals surface area contributed by atoms with Crippen LogP contribution in [-0.2, 0) is 6.42 Å². The number of H-pyrrole nitrogens is 1. The zero-order chi connectivity index (χ0) is 17.1. The van der Waals surface area contributed by atoms with E-state index < -0.39 is 0 Å². The summed E-state index contributed by atoms with van der Waals surface area (Å²) in [5.74, 6) is 3.08. The molecule has 1 aliphatic heterocycles. The number of methoxy groups -OCH3 is 1. The molecule has 3 atom stereocenters. The first-order valence-corrected chi connectivity index (χ1v) is 9.51. The molecule has 0 radical (unpaired) electrons. The molecule has 1 aromatic carbocycles. The summed E-state index contributed by atoms with van der Waals surface area (Å²) in [7, 11) is 1.74. The van der Waals surface area contributed by atoms with Gasteiger partial charge in [0.15, 0.2) is 0 Å². The van der Waals surface area contributed by atoms with Crippen LogP contribution in [0, 0.1) is 11.8 Å². The number of ether oxygens (including phenoxy) is 1. The molecule has 2 aromatic rings. The summed E-state index contributed by atoms with van der Waals surface area (Å²) in [6.07, 6.45) is 4.94. The fraction of sp³-hybridized carbons (Fsp3) is 0.619. The summed E-state index contributed by atoms with van der Waals surface area (Å²) in [5, 5.41) is 5.03. The van der Waals surface area contributed by atoms with Crippen molar-refractivity contribution in [1.82, 2.24) is 10.3 Å². The van der Waals surface area contributed by atoms with E-state index in [1.54, 1.807) is 7.11 Å². The quantitative estimate of drug-likeness (QED) is 0.825. The third kappa shape index (κ3) is 3.61. The standard InChI is InChI=1S/C21H32N2O/c1-5-16-11-14(2)10-15(3)21-18(8-9-22-13-16)19-12-17(24-4)6-7-20(19)23-21/h6-7,12,14-16,22-23H,5,8-11,13H2,1-4H3/t14-,15?,16?/m1/s1. The van der Waals surface area contributed by atoms with Crippen molar-refractivity contribution in [2.75, 3.05) is 20.2 Å². The van der Waals surface area contributed by atoms with E-state index in [1.165, 1.54) is 41.4 Å². The number of aromatic nitrogens is 1. The van der Waals surface area contributed by atoms with E-state index in [0.29, 0.717) is 5.92 Å². The second kappa shape index (κ2) is 7.60. The molecular formula is C21H32N2O. The van der Waals surface area contributed by atoms with Gasteiger partial charge in [0.05, 0.1) is 7.11 Å². The van der Waals surface area contributed by atoms with E-state index in [9.17, 15) is 0 Å². The van der Waals surface area contributed by atoms with Crippen molar-refractivity contribution in [1.29, 1.82) is 0 Å². The molecule has 0 saturated carbocycles. The Morgan fingerprint density at radius 2 is 2.04 bits per heavy atom. The number of hydrogen-bond acceptors (Lipinski definition) is 2. The van der Waals surface area contributed by atoms with Gasteiger partial charge in [-0.2, -0.15) is 0 Å². The molecule has 24 heavy (non-hydrogen) atoms. The minimum atomic E-state index is 0.573. The molecule has 0 amide bonds. The number of aromatic amines is 1. The van der Waals surface area contributed by atoms with Crippen molar-refractivity contribution in [3.63, 3.8) is 0 Å². The Balaban J connectivity index is 1.97. The lowest BCUT2D eigenvalue weighted by Crippen LogP contribution is -2.25. The molecule has 2 N–H and O–H groups in total. The fourth-order valence-electron chi connectivity index (χ4n) is 4.37. The normalized spacial score (nSPS) is 25.9. The number of benzene rings is 1. The summed E-state index contributed by atoms with van der Waals surface area (Å²) in [5.41, 5.74) is 4.15. The lowest BCUT2D eigenvalue weighted by molar-refractivity contribution is 0.340. The Kier molecular flexibility index (Phi) is 5.50. The fourth-order valence-corrected chi connectivity index (χ4v) is 4.37. The summed E-state index contributed by atoms with van der Waals surface area (Å²) >= 11 is 0. The topological polar surface area (TPSA) is 37.0 Å². The summed E-state index contributed by atoms with van der Waals surface area (Å²) in [6.45, 7) is 9.33. The minimum absolute atomic E-state index is 0.573. The molecule has 3 heteroatoms. The second-order valence-electron chi connectivity index (χ2n) is 7.63. The predicted molar refractivity (Wildman–Crippen MR) is 102 cm³/mol. The van der Waals surface area contributed by atoms with Gasteiger partial charge in [-0.3, -0.25) is 0 Å². The van der Waals surface area contributed by atoms with Crippen molar-refractivity contribution in [2.24, 2.45) is 11.8 Å². The highest BCUT2D eigenvalue weighted by Gasteiger charge is 2.21. The number of nitrogens with one attached hydrogen (secondary N) is 2. The average Bonchev–Trinajstić information content (AvgIpc) is 2.93.